The first kappa shape index (κ1) is 22.5. The van der Waals surface area contributed by atoms with E-state index in [1.165, 1.54) is 24.8 Å². The Bertz CT molecular complexity index is 1140. The van der Waals surface area contributed by atoms with Crippen LogP contribution >= 0.6 is 0 Å². The van der Waals surface area contributed by atoms with Crippen LogP contribution in [0, 0.1) is 11.8 Å². The second kappa shape index (κ2) is 9.13. The zero-order chi connectivity index (χ0) is 23.7. The summed E-state index contributed by atoms with van der Waals surface area (Å²) in [6.07, 6.45) is 11.5. The van der Waals surface area contributed by atoms with E-state index in [1.807, 2.05) is 24.3 Å². The van der Waals surface area contributed by atoms with Gasteiger partial charge in [-0.1, -0.05) is 42.0 Å². The molecular weight excluding hydrogens is 428 g/mol. The molecule has 5 aliphatic rings. The maximum Gasteiger partial charge on any atom is 0.328 e. The van der Waals surface area contributed by atoms with Gasteiger partial charge in [0.05, 0.1) is 6.61 Å². The molecule has 2 aromatic rings. The summed E-state index contributed by atoms with van der Waals surface area (Å²) >= 11 is 0. The van der Waals surface area contributed by atoms with E-state index >= 15 is 0 Å². The van der Waals surface area contributed by atoms with Crippen molar-refractivity contribution in [1.29, 1.82) is 0 Å². The highest BCUT2D eigenvalue weighted by molar-refractivity contribution is 5.85. The van der Waals surface area contributed by atoms with Crippen molar-refractivity contribution < 1.29 is 24.5 Å². The summed E-state index contributed by atoms with van der Waals surface area (Å²) in [6.45, 7) is 0.522. The minimum atomic E-state index is -0.957. The number of rotatable bonds is 10. The number of hydrogen-bond acceptors (Lipinski definition) is 3. The third-order valence-corrected chi connectivity index (χ3v) is 7.77. The van der Waals surface area contributed by atoms with Crippen molar-refractivity contribution in [2.45, 2.75) is 50.4 Å². The van der Waals surface area contributed by atoms with Crippen molar-refractivity contribution in [3.8, 4) is 16.9 Å². The van der Waals surface area contributed by atoms with Crippen LogP contribution in [0.1, 0.15) is 56.1 Å². The first-order chi connectivity index (χ1) is 16.4. The molecule has 0 aliphatic heterocycles. The Kier molecular flexibility index (Phi) is 6.03. The number of carboxylic acids is 2. The van der Waals surface area contributed by atoms with Crippen LogP contribution in [-0.2, 0) is 15.0 Å². The van der Waals surface area contributed by atoms with E-state index in [0.717, 1.165) is 53.2 Å². The molecule has 5 nitrogen and oxygen atoms in total. The monoisotopic (exact) mass is 458 g/mol. The zero-order valence-corrected chi connectivity index (χ0v) is 19.2. The number of hydrogen-bond donors (Lipinski definition) is 2. The van der Waals surface area contributed by atoms with Crippen LogP contribution in [0.25, 0.3) is 17.2 Å². The van der Waals surface area contributed by atoms with Gasteiger partial charge in [-0.15, -0.1) is 0 Å². The quantitative estimate of drug-likeness (QED) is 0.256. The summed E-state index contributed by atoms with van der Waals surface area (Å²) in [5.41, 5.74) is 6.15. The molecule has 3 saturated carbocycles. The van der Waals surface area contributed by atoms with E-state index in [0.29, 0.717) is 13.0 Å². The Hall–Kier alpha value is -3.34. The SMILES string of the molecule is O=C(O)/C=C/c1ccc(-c2ccc(OCCCCC(=O)O)c(C34CC=C5C(CC5C3)C4)c2)cc1. The smallest absolute Gasteiger partial charge is 0.328 e. The minimum absolute atomic E-state index is 0.117. The lowest BCUT2D eigenvalue weighted by Gasteiger charge is -2.58. The van der Waals surface area contributed by atoms with Crippen molar-refractivity contribution in [2.24, 2.45) is 11.8 Å². The molecule has 0 spiro atoms. The fourth-order valence-corrected chi connectivity index (χ4v) is 6.13. The van der Waals surface area contributed by atoms with E-state index in [9.17, 15) is 9.59 Å². The van der Waals surface area contributed by atoms with Gasteiger partial charge < -0.3 is 14.9 Å². The van der Waals surface area contributed by atoms with Crippen molar-refractivity contribution in [2.75, 3.05) is 6.61 Å². The van der Waals surface area contributed by atoms with Crippen LogP contribution in [0.2, 0.25) is 0 Å². The van der Waals surface area contributed by atoms with Crippen molar-refractivity contribution in [3.63, 3.8) is 0 Å². The largest absolute Gasteiger partial charge is 0.493 e. The van der Waals surface area contributed by atoms with Crippen LogP contribution in [0.3, 0.4) is 0 Å². The predicted octanol–water partition coefficient (Wildman–Crippen LogP) is 6.08. The summed E-state index contributed by atoms with van der Waals surface area (Å²) in [4.78, 5) is 21.6. The molecule has 5 heteroatoms. The lowest BCUT2D eigenvalue weighted by molar-refractivity contribution is -0.137. The second-order valence-electron chi connectivity index (χ2n) is 9.93. The molecule has 2 aromatic carbocycles. The molecule has 34 heavy (non-hydrogen) atoms. The van der Waals surface area contributed by atoms with Crippen LogP contribution in [0.15, 0.2) is 60.2 Å². The highest BCUT2D eigenvalue weighted by Gasteiger charge is 2.54. The summed E-state index contributed by atoms with van der Waals surface area (Å²) < 4.78 is 6.25. The fourth-order valence-electron chi connectivity index (χ4n) is 6.13. The number of fused-ring (bicyclic) bond motifs is 1. The number of unbranched alkanes of at least 4 members (excludes halogenated alkanes) is 1. The van der Waals surface area contributed by atoms with Gasteiger partial charge in [0.1, 0.15) is 5.75 Å². The first-order valence-corrected chi connectivity index (χ1v) is 12.1. The molecule has 4 bridgehead atoms. The first-order valence-electron chi connectivity index (χ1n) is 12.1. The maximum atomic E-state index is 10.8. The number of allylic oxidation sites excluding steroid dienone is 2. The van der Waals surface area contributed by atoms with Gasteiger partial charge in [-0.25, -0.2) is 4.79 Å². The van der Waals surface area contributed by atoms with Crippen molar-refractivity contribution >= 4 is 18.0 Å². The van der Waals surface area contributed by atoms with Gasteiger partial charge in [0.15, 0.2) is 0 Å². The summed E-state index contributed by atoms with van der Waals surface area (Å²) in [6, 6.07) is 14.4. The molecule has 2 atom stereocenters. The molecule has 0 aromatic heterocycles. The molecule has 2 N–H and O–H groups in total. The van der Waals surface area contributed by atoms with Gasteiger partial charge in [0.2, 0.25) is 0 Å². The van der Waals surface area contributed by atoms with E-state index in [4.69, 9.17) is 14.9 Å². The Morgan fingerprint density at radius 1 is 1.00 bits per heavy atom. The molecule has 0 saturated heterocycles. The minimum Gasteiger partial charge on any atom is -0.493 e. The third kappa shape index (κ3) is 4.39. The number of benzene rings is 2. The topological polar surface area (TPSA) is 83.8 Å². The molecule has 5 aliphatic carbocycles. The van der Waals surface area contributed by atoms with Gasteiger partial charge in [-0.05, 0) is 85.3 Å². The summed E-state index contributed by atoms with van der Waals surface area (Å²) in [5, 5.41) is 17.7. The number of carbonyl (C=O) groups is 2. The van der Waals surface area contributed by atoms with E-state index in [1.54, 1.807) is 11.6 Å². The van der Waals surface area contributed by atoms with Gasteiger partial charge in [0, 0.05) is 23.5 Å². The van der Waals surface area contributed by atoms with Gasteiger partial charge in [0.25, 0.3) is 0 Å². The molecule has 3 fully saturated rings. The number of aliphatic carboxylic acids is 2. The highest BCUT2D eigenvalue weighted by atomic mass is 16.5. The van der Waals surface area contributed by atoms with E-state index in [-0.39, 0.29) is 11.8 Å². The molecule has 176 valence electrons. The van der Waals surface area contributed by atoms with Gasteiger partial charge >= 0.3 is 11.9 Å². The Morgan fingerprint density at radius 3 is 2.41 bits per heavy atom. The van der Waals surface area contributed by atoms with Crippen LogP contribution in [-0.4, -0.2) is 28.8 Å². The average molecular weight is 459 g/mol. The fraction of sp³-hybridized carbons (Fsp3) is 0.379. The van der Waals surface area contributed by atoms with Crippen molar-refractivity contribution in [1.82, 2.24) is 0 Å². The molecule has 0 amide bonds. The predicted molar refractivity (Wildman–Crippen MR) is 131 cm³/mol. The molecular formula is C29H30O5. The molecule has 2 unspecified atom stereocenters. The molecule has 0 radical (unpaired) electrons. The van der Waals surface area contributed by atoms with Crippen LogP contribution in [0.5, 0.6) is 5.75 Å². The van der Waals surface area contributed by atoms with E-state index < -0.39 is 11.9 Å². The van der Waals surface area contributed by atoms with Crippen molar-refractivity contribution in [3.05, 3.63) is 71.3 Å². The van der Waals surface area contributed by atoms with Gasteiger partial charge in [-0.2, -0.15) is 0 Å². The Balaban J connectivity index is 1.41. The number of carboxylic acid groups (broad SMARTS) is 2. The second-order valence-corrected chi connectivity index (χ2v) is 9.93. The lowest BCUT2D eigenvalue weighted by atomic mass is 9.46. The molecule has 7 rings (SSSR count). The zero-order valence-electron chi connectivity index (χ0n) is 19.2. The standard InChI is InChI=1S/C29H30O5/c30-27(31)3-1-2-14-34-26-10-9-21(20-7-4-19(5-8-20)6-11-28(32)33)16-25(26)29-13-12-24-22(17-29)15-23(24)18-29/h4-12,16,22-23H,1-3,13-15,17-18H2,(H,30,31)(H,32,33)/b11-6+. The molecule has 0 heterocycles. The average Bonchev–Trinajstić information content (AvgIpc) is 2.83. The number of ether oxygens (including phenoxy) is 1. The normalized spacial score (nSPS) is 24.5. The van der Waals surface area contributed by atoms with E-state index in [2.05, 4.69) is 24.3 Å². The third-order valence-electron chi connectivity index (χ3n) is 7.77. The maximum absolute atomic E-state index is 10.8. The summed E-state index contributed by atoms with van der Waals surface area (Å²) in [7, 11) is 0. The Labute approximate surface area is 199 Å². The van der Waals surface area contributed by atoms with Crippen LogP contribution in [0.4, 0.5) is 0 Å². The van der Waals surface area contributed by atoms with Gasteiger partial charge in [-0.3, -0.25) is 4.79 Å². The van der Waals surface area contributed by atoms with Crippen LogP contribution < -0.4 is 4.74 Å². The highest BCUT2D eigenvalue weighted by Crippen LogP contribution is 2.64. The Morgan fingerprint density at radius 2 is 1.74 bits per heavy atom. The summed E-state index contributed by atoms with van der Waals surface area (Å²) in [5.74, 6) is 0.652. The lowest BCUT2D eigenvalue weighted by Crippen LogP contribution is -2.49.